The second-order valence-corrected chi connectivity index (χ2v) is 10.0. The van der Waals surface area contributed by atoms with Crippen molar-refractivity contribution in [2.45, 2.75) is 25.0 Å². The van der Waals surface area contributed by atoms with E-state index < -0.39 is 29.6 Å². The summed E-state index contributed by atoms with van der Waals surface area (Å²) >= 11 is 0. The van der Waals surface area contributed by atoms with Crippen molar-refractivity contribution in [2.75, 3.05) is 26.2 Å². The molecule has 0 spiro atoms. The van der Waals surface area contributed by atoms with Crippen molar-refractivity contribution >= 4 is 11.9 Å². The Morgan fingerprint density at radius 1 is 0.865 bits per heavy atom. The number of hydrogen-bond donors (Lipinski definition) is 1. The van der Waals surface area contributed by atoms with E-state index in [-0.39, 0.29) is 24.3 Å². The van der Waals surface area contributed by atoms with Crippen LogP contribution in [-0.2, 0) is 4.74 Å². The summed E-state index contributed by atoms with van der Waals surface area (Å²) in [6.45, 7) is 2.42. The maximum absolute atomic E-state index is 13.9. The van der Waals surface area contributed by atoms with Crippen LogP contribution in [0.5, 0.6) is 0 Å². The number of nitrogens with one attached hydrogen (secondary N) is 1. The number of amides is 1. The van der Waals surface area contributed by atoms with Gasteiger partial charge in [-0.15, -0.1) is 0 Å². The van der Waals surface area contributed by atoms with Crippen LogP contribution in [-0.4, -0.2) is 48.6 Å². The molecule has 0 aromatic heterocycles. The lowest BCUT2D eigenvalue weighted by atomic mass is 9.81. The van der Waals surface area contributed by atoms with Gasteiger partial charge in [0, 0.05) is 18.4 Å². The van der Waals surface area contributed by atoms with E-state index in [0.29, 0.717) is 27.7 Å². The fraction of sp³-hybridized carbons (Fsp3) is 0.310. The van der Waals surface area contributed by atoms with Gasteiger partial charge in [0.25, 0.3) is 0 Å². The van der Waals surface area contributed by atoms with Crippen LogP contribution in [0.4, 0.5) is 18.0 Å². The summed E-state index contributed by atoms with van der Waals surface area (Å²) in [6.07, 6.45) is 0.00839. The minimum atomic E-state index is -0.995. The molecule has 0 aliphatic carbocycles. The number of nitrogens with zero attached hydrogens (tertiary/aromatic N) is 1. The molecule has 1 amide bonds. The lowest BCUT2D eigenvalue weighted by Gasteiger charge is -2.52. The number of ketones is 1. The Bertz CT molecular complexity index is 1260. The number of piperidine rings is 3. The predicted octanol–water partition coefficient (Wildman–Crippen LogP) is 5.41. The number of rotatable bonds is 7. The Morgan fingerprint density at radius 3 is 2.00 bits per heavy atom. The van der Waals surface area contributed by atoms with Crippen molar-refractivity contribution in [3.05, 3.63) is 107 Å². The van der Waals surface area contributed by atoms with E-state index >= 15 is 0 Å². The van der Waals surface area contributed by atoms with E-state index in [1.54, 1.807) is 18.2 Å². The first-order chi connectivity index (χ1) is 17.8. The summed E-state index contributed by atoms with van der Waals surface area (Å²) in [6, 6.07) is 16.8. The second kappa shape index (κ2) is 10.4. The van der Waals surface area contributed by atoms with Crippen LogP contribution >= 0.6 is 0 Å². The molecular formula is C29H28F3N2O3+. The van der Waals surface area contributed by atoms with Gasteiger partial charge < -0.3 is 14.5 Å². The standard InChI is InChI=1S/C29H27F3N2O3/c30-23-7-1-4-20(14-23)27(35)18-34-12-10-19(11-13-34)26(17-34)33-29(36)37-28(21-5-2-8-24(31)15-21)22-6-3-9-25(32)16-22/h1-9,14-16,19,26,28H,10-13,17-18H2/p+1. The molecule has 3 aromatic carbocycles. The van der Waals surface area contributed by atoms with Crippen LogP contribution in [0.25, 0.3) is 0 Å². The Morgan fingerprint density at radius 2 is 1.43 bits per heavy atom. The predicted molar refractivity (Wildman–Crippen MR) is 131 cm³/mol. The number of halogens is 3. The molecule has 3 heterocycles. The van der Waals surface area contributed by atoms with Crippen molar-refractivity contribution in [3.63, 3.8) is 0 Å². The molecule has 3 aromatic rings. The molecule has 192 valence electrons. The number of benzene rings is 3. The topological polar surface area (TPSA) is 55.4 Å². The SMILES string of the molecule is O=C(NC1C[N+]2(CC(=O)c3cccc(F)c3)CCC1CC2)OC(c1cccc(F)c1)c1cccc(F)c1. The zero-order valence-corrected chi connectivity index (χ0v) is 20.2. The van der Waals surface area contributed by atoms with Gasteiger partial charge >= 0.3 is 6.09 Å². The summed E-state index contributed by atoms with van der Waals surface area (Å²) in [5, 5.41) is 2.96. The average molecular weight is 510 g/mol. The lowest BCUT2D eigenvalue weighted by Crippen LogP contribution is -2.68. The van der Waals surface area contributed by atoms with E-state index in [9.17, 15) is 22.8 Å². The van der Waals surface area contributed by atoms with Gasteiger partial charge in [-0.2, -0.15) is 0 Å². The molecule has 5 nitrogen and oxygen atoms in total. The molecule has 0 radical (unpaired) electrons. The highest BCUT2D eigenvalue weighted by molar-refractivity contribution is 5.97. The highest BCUT2D eigenvalue weighted by Gasteiger charge is 2.47. The monoisotopic (exact) mass is 509 g/mol. The van der Waals surface area contributed by atoms with Gasteiger partial charge in [0.05, 0.1) is 25.7 Å². The Balaban J connectivity index is 1.30. The van der Waals surface area contributed by atoms with E-state index in [2.05, 4.69) is 5.32 Å². The third kappa shape index (κ3) is 5.69. The molecular weight excluding hydrogens is 481 g/mol. The number of ether oxygens (including phenoxy) is 1. The van der Waals surface area contributed by atoms with E-state index in [1.807, 2.05) is 0 Å². The molecule has 3 aliphatic rings. The average Bonchev–Trinajstić information content (AvgIpc) is 2.88. The van der Waals surface area contributed by atoms with E-state index in [0.717, 1.165) is 25.9 Å². The van der Waals surface area contributed by atoms with Gasteiger partial charge in [0.15, 0.2) is 6.10 Å². The highest BCUT2D eigenvalue weighted by Crippen LogP contribution is 2.35. The van der Waals surface area contributed by atoms with Gasteiger partial charge in [0.2, 0.25) is 5.78 Å². The molecule has 3 saturated heterocycles. The fourth-order valence-corrected chi connectivity index (χ4v) is 5.69. The van der Waals surface area contributed by atoms with Crippen molar-refractivity contribution in [3.8, 4) is 0 Å². The number of alkyl carbamates (subject to hydrolysis) is 1. The highest BCUT2D eigenvalue weighted by atomic mass is 19.1. The fourth-order valence-electron chi connectivity index (χ4n) is 5.69. The number of carbonyl (C=O) groups excluding carboxylic acids is 2. The summed E-state index contributed by atoms with van der Waals surface area (Å²) in [7, 11) is 0. The van der Waals surface area contributed by atoms with Crippen LogP contribution < -0.4 is 5.32 Å². The minimum absolute atomic E-state index is 0.126. The molecule has 0 saturated carbocycles. The maximum atomic E-state index is 13.9. The normalized spacial score (nSPS) is 22.6. The summed E-state index contributed by atoms with van der Waals surface area (Å²) in [5.41, 5.74) is 1.12. The lowest BCUT2D eigenvalue weighted by molar-refractivity contribution is -0.936. The van der Waals surface area contributed by atoms with Crippen LogP contribution in [0.2, 0.25) is 0 Å². The number of Topliss-reactive ketones (excluding diaryl/α,β-unsaturated/α-hetero) is 1. The third-order valence-corrected chi connectivity index (χ3v) is 7.56. The zero-order chi connectivity index (χ0) is 26.0. The largest absolute Gasteiger partial charge is 0.436 e. The summed E-state index contributed by atoms with van der Waals surface area (Å²) < 4.78 is 47.8. The number of carbonyl (C=O) groups is 2. The molecule has 1 atom stereocenters. The smallest absolute Gasteiger partial charge is 0.408 e. The summed E-state index contributed by atoms with van der Waals surface area (Å²) in [5.74, 6) is -1.31. The molecule has 8 heteroatoms. The first kappa shape index (κ1) is 25.0. The minimum Gasteiger partial charge on any atom is -0.436 e. The second-order valence-electron chi connectivity index (χ2n) is 10.0. The number of hydrogen-bond acceptors (Lipinski definition) is 3. The number of quaternary nitrogens is 1. The van der Waals surface area contributed by atoms with Crippen LogP contribution in [0, 0.1) is 23.4 Å². The molecule has 3 fully saturated rings. The first-order valence-corrected chi connectivity index (χ1v) is 12.4. The van der Waals surface area contributed by atoms with Crippen molar-refractivity contribution in [2.24, 2.45) is 5.92 Å². The molecule has 6 rings (SSSR count). The number of fused-ring (bicyclic) bond motifs is 3. The van der Waals surface area contributed by atoms with Crippen molar-refractivity contribution in [1.82, 2.24) is 5.32 Å². The molecule has 37 heavy (non-hydrogen) atoms. The van der Waals surface area contributed by atoms with E-state index in [1.165, 1.54) is 54.6 Å². The maximum Gasteiger partial charge on any atom is 0.408 e. The Labute approximate surface area is 213 Å². The quantitative estimate of drug-likeness (QED) is 0.342. The zero-order valence-electron chi connectivity index (χ0n) is 20.2. The van der Waals surface area contributed by atoms with Crippen LogP contribution in [0.15, 0.2) is 72.8 Å². The van der Waals surface area contributed by atoms with Crippen molar-refractivity contribution < 1.29 is 32.0 Å². The van der Waals surface area contributed by atoms with Crippen LogP contribution in [0.1, 0.15) is 40.4 Å². The molecule has 1 unspecified atom stereocenters. The van der Waals surface area contributed by atoms with Gasteiger partial charge in [0.1, 0.15) is 24.0 Å². The Hall–Kier alpha value is -3.65. The first-order valence-electron chi connectivity index (χ1n) is 12.4. The van der Waals surface area contributed by atoms with Crippen LogP contribution in [0.3, 0.4) is 0 Å². The third-order valence-electron chi connectivity index (χ3n) is 7.56. The van der Waals surface area contributed by atoms with E-state index in [4.69, 9.17) is 4.74 Å². The van der Waals surface area contributed by atoms with Gasteiger partial charge in [-0.1, -0.05) is 36.4 Å². The van der Waals surface area contributed by atoms with Gasteiger partial charge in [-0.3, -0.25) is 4.79 Å². The molecule has 1 N–H and O–H groups in total. The molecule has 2 bridgehead atoms. The Kier molecular flexibility index (Phi) is 7.02. The summed E-state index contributed by atoms with van der Waals surface area (Å²) in [4.78, 5) is 26.0. The van der Waals surface area contributed by atoms with Gasteiger partial charge in [-0.25, -0.2) is 18.0 Å². The molecule has 3 aliphatic heterocycles. The van der Waals surface area contributed by atoms with Gasteiger partial charge in [-0.05, 0) is 53.4 Å². The van der Waals surface area contributed by atoms with Crippen molar-refractivity contribution in [1.29, 1.82) is 0 Å².